The van der Waals surface area contributed by atoms with E-state index >= 15 is 0 Å². The first-order valence-electron chi connectivity index (χ1n) is 9.78. The maximum atomic E-state index is 12.3. The monoisotopic (exact) mass is 402 g/mol. The summed E-state index contributed by atoms with van der Waals surface area (Å²) in [4.78, 5) is 6.61. The molecule has 1 heterocycles. The molecule has 0 N–H and O–H groups in total. The average molecular weight is 402 g/mol. The summed E-state index contributed by atoms with van der Waals surface area (Å²) in [5.74, 6) is 1.12. The van der Waals surface area contributed by atoms with Gasteiger partial charge in [0.1, 0.15) is 24.5 Å². The number of alkyl halides is 1. The lowest BCUT2D eigenvalue weighted by atomic mass is 10.1. The Labute approximate surface area is 175 Å². The molecule has 0 radical (unpaired) electrons. The molecular weight excluding hydrogens is 379 g/mol. The van der Waals surface area contributed by atoms with Gasteiger partial charge in [-0.2, -0.15) is 0 Å². The number of oxazole rings is 1. The summed E-state index contributed by atoms with van der Waals surface area (Å²) in [5.41, 5.74) is 5.66. The second-order valence-electron chi connectivity index (χ2n) is 7.13. The molecule has 0 fully saturated rings. The predicted molar refractivity (Wildman–Crippen MR) is 121 cm³/mol. The van der Waals surface area contributed by atoms with Gasteiger partial charge in [-0.3, -0.25) is 0 Å². The van der Waals surface area contributed by atoms with Crippen LogP contribution in [0.2, 0.25) is 0 Å². The molecule has 4 aromatic rings. The number of nitrogens with zero attached hydrogens (tertiary/aromatic N) is 2. The third-order valence-electron chi connectivity index (χ3n) is 4.74. The summed E-state index contributed by atoms with van der Waals surface area (Å²) in [7, 11) is 4.06. The third kappa shape index (κ3) is 4.51. The molecule has 4 rings (SSSR count). The van der Waals surface area contributed by atoms with Crippen molar-refractivity contribution in [3.63, 3.8) is 0 Å². The van der Waals surface area contributed by atoms with Crippen LogP contribution in [0.3, 0.4) is 0 Å². The zero-order valence-corrected chi connectivity index (χ0v) is 17.0. The Morgan fingerprint density at radius 1 is 0.933 bits per heavy atom. The number of aromatic nitrogens is 1. The Kier molecular flexibility index (Phi) is 5.80. The van der Waals surface area contributed by atoms with E-state index in [2.05, 4.69) is 46.3 Å². The van der Waals surface area contributed by atoms with Gasteiger partial charge in [0.2, 0.25) is 5.89 Å². The standard InChI is InChI=1S/C25H23FN2O2/c1-28(2)21-11-7-19(8-12-21)4-3-18-5-9-20(10-6-18)25-27-23-14-13-22(29-16-15-26)17-24(23)30-25/h3-14,17H,15-16H2,1-2H3/b4-3+. The van der Waals surface area contributed by atoms with Gasteiger partial charge in [-0.05, 0) is 47.5 Å². The fourth-order valence-electron chi connectivity index (χ4n) is 3.09. The zero-order valence-electron chi connectivity index (χ0n) is 17.0. The van der Waals surface area contributed by atoms with E-state index in [1.165, 1.54) is 5.69 Å². The molecule has 0 amide bonds. The summed E-state index contributed by atoms with van der Waals surface area (Å²) in [6.07, 6.45) is 4.17. The topological polar surface area (TPSA) is 38.5 Å². The Hall–Kier alpha value is -3.60. The third-order valence-corrected chi connectivity index (χ3v) is 4.74. The highest BCUT2D eigenvalue weighted by molar-refractivity contribution is 5.78. The van der Waals surface area contributed by atoms with E-state index in [9.17, 15) is 4.39 Å². The van der Waals surface area contributed by atoms with Gasteiger partial charge in [0.15, 0.2) is 5.58 Å². The largest absolute Gasteiger partial charge is 0.491 e. The van der Waals surface area contributed by atoms with Gasteiger partial charge in [-0.25, -0.2) is 9.37 Å². The number of fused-ring (bicyclic) bond motifs is 1. The van der Waals surface area contributed by atoms with Crippen molar-refractivity contribution >= 4 is 28.9 Å². The summed E-state index contributed by atoms with van der Waals surface area (Å²) >= 11 is 0. The fraction of sp³-hybridized carbons (Fsp3) is 0.160. The molecular formula is C25H23FN2O2. The van der Waals surface area contributed by atoms with Crippen molar-refractivity contribution < 1.29 is 13.5 Å². The molecule has 30 heavy (non-hydrogen) atoms. The molecule has 0 saturated carbocycles. The van der Waals surface area contributed by atoms with E-state index in [1.807, 2.05) is 44.4 Å². The maximum Gasteiger partial charge on any atom is 0.227 e. The molecule has 1 aromatic heterocycles. The average Bonchev–Trinajstić information content (AvgIpc) is 3.20. The molecule has 0 bridgehead atoms. The Morgan fingerprint density at radius 2 is 1.60 bits per heavy atom. The van der Waals surface area contributed by atoms with Crippen LogP contribution in [0.1, 0.15) is 11.1 Å². The van der Waals surface area contributed by atoms with Crippen LogP contribution in [-0.4, -0.2) is 32.4 Å². The van der Waals surface area contributed by atoms with E-state index < -0.39 is 6.67 Å². The lowest BCUT2D eigenvalue weighted by molar-refractivity contribution is 0.273. The van der Waals surface area contributed by atoms with E-state index in [4.69, 9.17) is 9.15 Å². The minimum absolute atomic E-state index is 0.0290. The Morgan fingerprint density at radius 3 is 2.23 bits per heavy atom. The van der Waals surface area contributed by atoms with Crippen LogP contribution in [0.4, 0.5) is 10.1 Å². The van der Waals surface area contributed by atoms with Crippen LogP contribution in [0.15, 0.2) is 71.1 Å². The van der Waals surface area contributed by atoms with Crippen molar-refractivity contribution in [2.75, 3.05) is 32.3 Å². The number of rotatable bonds is 7. The van der Waals surface area contributed by atoms with E-state index in [-0.39, 0.29) is 6.61 Å². The van der Waals surface area contributed by atoms with Gasteiger partial charge in [0.25, 0.3) is 0 Å². The lowest BCUT2D eigenvalue weighted by Crippen LogP contribution is -2.07. The highest BCUT2D eigenvalue weighted by atomic mass is 19.1. The van der Waals surface area contributed by atoms with Crippen LogP contribution in [0, 0.1) is 0 Å². The molecule has 0 spiro atoms. The molecule has 3 aromatic carbocycles. The van der Waals surface area contributed by atoms with E-state index in [1.54, 1.807) is 12.1 Å². The summed E-state index contributed by atoms with van der Waals surface area (Å²) in [6.45, 7) is -0.497. The highest BCUT2D eigenvalue weighted by Crippen LogP contribution is 2.27. The molecule has 0 aliphatic rings. The van der Waals surface area contributed by atoms with Crippen molar-refractivity contribution in [1.82, 2.24) is 4.98 Å². The Balaban J connectivity index is 1.48. The van der Waals surface area contributed by atoms with Crippen LogP contribution >= 0.6 is 0 Å². The first-order chi connectivity index (χ1) is 14.6. The van der Waals surface area contributed by atoms with Gasteiger partial charge in [0, 0.05) is 31.4 Å². The lowest BCUT2D eigenvalue weighted by Gasteiger charge is -2.11. The number of halogens is 1. The second kappa shape index (κ2) is 8.82. The van der Waals surface area contributed by atoms with Crippen molar-refractivity contribution in [3.8, 4) is 17.2 Å². The minimum atomic E-state index is -0.526. The van der Waals surface area contributed by atoms with Crippen molar-refractivity contribution in [2.45, 2.75) is 0 Å². The van der Waals surface area contributed by atoms with Gasteiger partial charge in [-0.1, -0.05) is 36.4 Å². The van der Waals surface area contributed by atoms with Gasteiger partial charge in [-0.15, -0.1) is 0 Å². The number of hydrogen-bond acceptors (Lipinski definition) is 4. The summed E-state index contributed by atoms with van der Waals surface area (Å²) in [6, 6.07) is 21.8. The van der Waals surface area contributed by atoms with Crippen molar-refractivity contribution in [1.29, 1.82) is 0 Å². The molecule has 0 aliphatic heterocycles. The molecule has 0 atom stereocenters. The van der Waals surface area contributed by atoms with Crippen LogP contribution in [0.5, 0.6) is 5.75 Å². The highest BCUT2D eigenvalue weighted by Gasteiger charge is 2.09. The van der Waals surface area contributed by atoms with Crippen LogP contribution in [-0.2, 0) is 0 Å². The minimum Gasteiger partial charge on any atom is -0.491 e. The predicted octanol–water partition coefficient (Wildman–Crippen LogP) is 6.08. The quantitative estimate of drug-likeness (QED) is 0.351. The molecule has 0 unspecified atom stereocenters. The number of anilines is 1. The first kappa shape index (κ1) is 19.7. The van der Waals surface area contributed by atoms with Crippen molar-refractivity contribution in [3.05, 3.63) is 77.9 Å². The SMILES string of the molecule is CN(C)c1ccc(/C=C/c2ccc(-c3nc4ccc(OCCF)cc4o3)cc2)cc1. The van der Waals surface area contributed by atoms with Gasteiger partial charge >= 0.3 is 0 Å². The van der Waals surface area contributed by atoms with E-state index in [0.717, 1.165) is 22.2 Å². The Bertz CT molecular complexity index is 1150. The number of hydrogen-bond donors (Lipinski definition) is 0. The van der Waals surface area contributed by atoms with Crippen LogP contribution < -0.4 is 9.64 Å². The van der Waals surface area contributed by atoms with Crippen molar-refractivity contribution in [2.24, 2.45) is 0 Å². The first-order valence-corrected chi connectivity index (χ1v) is 9.78. The van der Waals surface area contributed by atoms with Crippen LogP contribution in [0.25, 0.3) is 34.7 Å². The van der Waals surface area contributed by atoms with Gasteiger partial charge in [0.05, 0.1) is 0 Å². The van der Waals surface area contributed by atoms with Gasteiger partial charge < -0.3 is 14.1 Å². The molecule has 5 heteroatoms. The molecule has 0 aliphatic carbocycles. The maximum absolute atomic E-state index is 12.3. The summed E-state index contributed by atoms with van der Waals surface area (Å²) < 4.78 is 23.4. The smallest absolute Gasteiger partial charge is 0.227 e. The zero-order chi connectivity index (χ0) is 20.9. The number of ether oxygens (including phenoxy) is 1. The molecule has 4 nitrogen and oxygen atoms in total. The molecule has 0 saturated heterocycles. The fourth-order valence-corrected chi connectivity index (χ4v) is 3.09. The van der Waals surface area contributed by atoms with E-state index in [0.29, 0.717) is 17.2 Å². The second-order valence-corrected chi connectivity index (χ2v) is 7.13. The normalized spacial score (nSPS) is 11.3. The number of benzene rings is 3. The molecule has 152 valence electrons. The summed E-state index contributed by atoms with van der Waals surface area (Å²) in [5, 5.41) is 0.